The zero-order chi connectivity index (χ0) is 51.7. The van der Waals surface area contributed by atoms with Gasteiger partial charge < -0.3 is 20.1 Å². The zero-order valence-electron chi connectivity index (χ0n) is 45.2. The highest BCUT2D eigenvalue weighted by molar-refractivity contribution is 7.47. The molecule has 0 aromatic carbocycles. The number of allylic oxidation sites excluding steroid dienone is 18. The summed E-state index contributed by atoms with van der Waals surface area (Å²) in [6.07, 6.45) is 75.6. The molecule has 0 radical (unpaired) electrons. The van der Waals surface area contributed by atoms with Crippen LogP contribution in [0.4, 0.5) is 0 Å². The number of phosphoric acid groups is 1. The Labute approximate surface area is 435 Å². The molecule has 3 N–H and O–H groups in total. The number of hydrogen-bond acceptors (Lipinski definition) is 8. The van der Waals surface area contributed by atoms with Crippen LogP contribution in [0.15, 0.2) is 109 Å². The predicted octanol–water partition coefficient (Wildman–Crippen LogP) is 17.8. The first-order chi connectivity index (χ1) is 34.8. The first kappa shape index (κ1) is 67.7. The van der Waals surface area contributed by atoms with Crippen molar-refractivity contribution in [3.05, 3.63) is 109 Å². The van der Waals surface area contributed by atoms with E-state index in [-0.39, 0.29) is 32.6 Å². The number of carbonyl (C=O) groups is 2. The Hall–Kier alpha value is -3.33. The maximum Gasteiger partial charge on any atom is 0.472 e. The minimum atomic E-state index is -4.40. The molecule has 71 heavy (non-hydrogen) atoms. The summed E-state index contributed by atoms with van der Waals surface area (Å²) in [5, 5.41) is 0. The standard InChI is InChI=1S/C61H104NO8P/c1-3-5-7-9-11-13-15-17-19-21-23-25-27-28-29-30-32-34-36-38-40-42-44-46-48-50-52-54-61(64)70-59(58-69-71(65,66)68-56-55-62)57-67-60(63)53-51-49-47-45-43-41-39-37-35-33-31-26-24-22-20-18-16-14-12-10-8-6-4-2/h5,7,11,13,16-19,22-25,28-29,31-34,59H,3-4,6,8-10,12,14-15,20-21,26-27,30,35-58,62H2,1-2H3,(H,65,66)/b7-5-,13-11-,18-16-,19-17-,24-22-,25-23-,29-28-,33-31-,34-32-. The lowest BCUT2D eigenvalue weighted by molar-refractivity contribution is -0.161. The van der Waals surface area contributed by atoms with E-state index in [4.69, 9.17) is 24.3 Å². The van der Waals surface area contributed by atoms with E-state index in [9.17, 15) is 19.0 Å². The molecule has 0 bridgehead atoms. The van der Waals surface area contributed by atoms with Crippen LogP contribution in [0.2, 0.25) is 0 Å². The second-order valence-corrected chi connectivity index (χ2v) is 19.9. The van der Waals surface area contributed by atoms with Crippen LogP contribution in [0.5, 0.6) is 0 Å². The van der Waals surface area contributed by atoms with Crippen LogP contribution in [0.25, 0.3) is 0 Å². The first-order valence-corrected chi connectivity index (χ1v) is 29.9. The summed E-state index contributed by atoms with van der Waals surface area (Å²) < 4.78 is 33.0. The molecule has 0 aliphatic carbocycles. The number of phosphoric ester groups is 1. The van der Waals surface area contributed by atoms with Gasteiger partial charge in [0.25, 0.3) is 0 Å². The Morgan fingerprint density at radius 1 is 0.437 bits per heavy atom. The van der Waals surface area contributed by atoms with Gasteiger partial charge >= 0.3 is 19.8 Å². The lowest BCUT2D eigenvalue weighted by Gasteiger charge is -2.19. The van der Waals surface area contributed by atoms with Crippen molar-refractivity contribution in [3.63, 3.8) is 0 Å². The molecule has 0 amide bonds. The lowest BCUT2D eigenvalue weighted by Crippen LogP contribution is -2.29. The molecule has 2 atom stereocenters. The van der Waals surface area contributed by atoms with Gasteiger partial charge in [0, 0.05) is 19.4 Å². The Morgan fingerprint density at radius 2 is 0.775 bits per heavy atom. The monoisotopic (exact) mass is 1010 g/mol. The normalized spacial score (nSPS) is 13.9. The van der Waals surface area contributed by atoms with E-state index in [1.54, 1.807) is 0 Å². The maximum absolute atomic E-state index is 12.7. The van der Waals surface area contributed by atoms with Crippen LogP contribution in [0.3, 0.4) is 0 Å². The van der Waals surface area contributed by atoms with Crippen LogP contribution in [-0.2, 0) is 32.7 Å². The topological polar surface area (TPSA) is 134 Å². The summed E-state index contributed by atoms with van der Waals surface area (Å²) in [7, 11) is -4.40. The Bertz CT molecular complexity index is 1530. The number of ether oxygens (including phenoxy) is 2. The van der Waals surface area contributed by atoms with Crippen LogP contribution < -0.4 is 5.73 Å². The highest BCUT2D eigenvalue weighted by Crippen LogP contribution is 2.43. The fourth-order valence-corrected chi connectivity index (χ4v) is 8.23. The molecule has 0 saturated heterocycles. The number of rotatable bonds is 52. The van der Waals surface area contributed by atoms with Crippen LogP contribution in [-0.4, -0.2) is 49.3 Å². The summed E-state index contributed by atoms with van der Waals surface area (Å²) in [4.78, 5) is 35.2. The molecular weight excluding hydrogens is 906 g/mol. The van der Waals surface area contributed by atoms with Gasteiger partial charge in [0.2, 0.25) is 0 Å². The van der Waals surface area contributed by atoms with Gasteiger partial charge in [-0.3, -0.25) is 18.6 Å². The second kappa shape index (κ2) is 56.0. The van der Waals surface area contributed by atoms with Gasteiger partial charge in [0.1, 0.15) is 6.61 Å². The van der Waals surface area contributed by atoms with Gasteiger partial charge in [0.15, 0.2) is 6.10 Å². The van der Waals surface area contributed by atoms with E-state index in [1.807, 2.05) is 0 Å². The Kier molecular flexibility index (Phi) is 53.3. The molecule has 0 aliphatic rings. The number of nitrogens with two attached hydrogens (primary N) is 1. The van der Waals surface area contributed by atoms with Gasteiger partial charge in [0.05, 0.1) is 13.2 Å². The van der Waals surface area contributed by atoms with Crippen molar-refractivity contribution in [1.82, 2.24) is 0 Å². The van der Waals surface area contributed by atoms with Crippen molar-refractivity contribution in [2.24, 2.45) is 5.73 Å². The van der Waals surface area contributed by atoms with Crippen LogP contribution in [0, 0.1) is 0 Å². The van der Waals surface area contributed by atoms with E-state index in [2.05, 4.69) is 123 Å². The molecule has 2 unspecified atom stereocenters. The second-order valence-electron chi connectivity index (χ2n) is 18.4. The molecule has 0 heterocycles. The maximum atomic E-state index is 12.7. The number of unbranched alkanes of at least 4 members (excludes halogenated alkanes) is 21. The minimum absolute atomic E-state index is 0.0450. The van der Waals surface area contributed by atoms with Crippen molar-refractivity contribution in [1.29, 1.82) is 0 Å². The van der Waals surface area contributed by atoms with Crippen molar-refractivity contribution in [2.75, 3.05) is 26.4 Å². The van der Waals surface area contributed by atoms with Crippen molar-refractivity contribution in [2.45, 2.75) is 238 Å². The molecule has 10 heteroatoms. The van der Waals surface area contributed by atoms with Gasteiger partial charge in [-0.25, -0.2) is 4.57 Å². The number of carbonyl (C=O) groups excluding carboxylic acids is 2. The third-order valence-corrected chi connectivity index (χ3v) is 12.6. The summed E-state index contributed by atoms with van der Waals surface area (Å²) in [6.45, 7) is 3.60. The molecular formula is C61H104NO8P. The predicted molar refractivity (Wildman–Crippen MR) is 302 cm³/mol. The Morgan fingerprint density at radius 3 is 1.15 bits per heavy atom. The largest absolute Gasteiger partial charge is 0.472 e. The van der Waals surface area contributed by atoms with E-state index >= 15 is 0 Å². The number of esters is 2. The molecule has 0 aromatic heterocycles. The third kappa shape index (κ3) is 55.8. The fourth-order valence-electron chi connectivity index (χ4n) is 7.47. The fraction of sp³-hybridized carbons (Fsp3) is 0.672. The molecule has 9 nitrogen and oxygen atoms in total. The van der Waals surface area contributed by atoms with Gasteiger partial charge in [-0.15, -0.1) is 0 Å². The van der Waals surface area contributed by atoms with Crippen LogP contribution >= 0.6 is 7.82 Å². The van der Waals surface area contributed by atoms with E-state index in [0.29, 0.717) is 6.42 Å². The average molecular weight is 1010 g/mol. The summed E-state index contributed by atoms with van der Waals surface area (Å²) >= 11 is 0. The SMILES string of the molecule is CC/C=C\C/C=C\C/C=C\C/C=C\C/C=C\C/C=C\CCCCCCCCCCC(=O)OC(COC(=O)CCCCCCCCCC/C=C\C/C=C\C/C=C\CCCCCCC)COP(=O)(O)OCCN. The van der Waals surface area contributed by atoms with Crippen molar-refractivity contribution >= 4 is 19.8 Å². The molecule has 0 aliphatic heterocycles. The molecule has 0 spiro atoms. The zero-order valence-corrected chi connectivity index (χ0v) is 46.1. The summed E-state index contributed by atoms with van der Waals surface area (Å²) in [5.74, 6) is -0.850. The smallest absolute Gasteiger partial charge is 0.462 e. The molecule has 406 valence electrons. The van der Waals surface area contributed by atoms with E-state index in [1.165, 1.54) is 89.9 Å². The van der Waals surface area contributed by atoms with Crippen molar-refractivity contribution < 1.29 is 37.6 Å². The van der Waals surface area contributed by atoms with Gasteiger partial charge in [-0.1, -0.05) is 226 Å². The summed E-state index contributed by atoms with van der Waals surface area (Å²) in [6, 6.07) is 0. The molecule has 0 rings (SSSR count). The molecule has 0 aromatic rings. The number of hydrogen-bond donors (Lipinski definition) is 2. The first-order valence-electron chi connectivity index (χ1n) is 28.4. The van der Waals surface area contributed by atoms with Gasteiger partial charge in [-0.05, 0) is 103 Å². The van der Waals surface area contributed by atoms with Crippen LogP contribution in [0.1, 0.15) is 232 Å². The summed E-state index contributed by atoms with van der Waals surface area (Å²) in [5.41, 5.74) is 5.38. The Balaban J connectivity index is 4.07. The quantitative estimate of drug-likeness (QED) is 0.0264. The highest BCUT2D eigenvalue weighted by atomic mass is 31.2. The highest BCUT2D eigenvalue weighted by Gasteiger charge is 2.26. The molecule has 0 saturated carbocycles. The average Bonchev–Trinajstić information content (AvgIpc) is 3.36. The third-order valence-electron chi connectivity index (χ3n) is 11.6. The van der Waals surface area contributed by atoms with E-state index < -0.39 is 32.5 Å². The van der Waals surface area contributed by atoms with Crippen molar-refractivity contribution in [3.8, 4) is 0 Å². The minimum Gasteiger partial charge on any atom is -0.462 e. The van der Waals surface area contributed by atoms with E-state index in [0.717, 1.165) is 109 Å². The lowest BCUT2D eigenvalue weighted by atomic mass is 10.1. The van der Waals surface area contributed by atoms with Gasteiger partial charge in [-0.2, -0.15) is 0 Å². The molecule has 0 fully saturated rings.